The fraction of sp³-hybridized carbons (Fsp3) is 0.419. The molecule has 2 N–H and O–H groups in total. The van der Waals surface area contributed by atoms with Gasteiger partial charge in [-0.25, -0.2) is 0 Å². The molecular weight excluding hydrogens is 482 g/mol. The molecule has 7 heteroatoms. The van der Waals surface area contributed by atoms with Gasteiger partial charge in [0.1, 0.15) is 24.4 Å². The van der Waals surface area contributed by atoms with Gasteiger partial charge >= 0.3 is 0 Å². The summed E-state index contributed by atoms with van der Waals surface area (Å²) < 4.78 is 31.2. The topological polar surface area (TPSA) is 88.3 Å². The second-order valence-corrected chi connectivity index (χ2v) is 10.3. The number of aliphatic hydroxyl groups is 1. The summed E-state index contributed by atoms with van der Waals surface area (Å²) in [5.41, 5.74) is 3.02. The Morgan fingerprint density at radius 3 is 1.79 bits per heavy atom. The fourth-order valence-corrected chi connectivity index (χ4v) is 4.48. The van der Waals surface area contributed by atoms with Crippen LogP contribution in [0.15, 0.2) is 91.0 Å². The monoisotopic (exact) mass is 519 g/mol. The molecule has 2 fully saturated rings. The van der Waals surface area contributed by atoms with E-state index in [0.717, 1.165) is 23.2 Å². The van der Waals surface area contributed by atoms with E-state index < -0.39 is 30.7 Å². The first-order valence-electron chi connectivity index (χ1n) is 13.2. The number of hydrogen-bond donors (Lipinski definition) is 2. The lowest BCUT2D eigenvalue weighted by molar-refractivity contribution is -0.319. The van der Waals surface area contributed by atoms with Gasteiger partial charge < -0.3 is 34.1 Å². The van der Waals surface area contributed by atoms with Crippen molar-refractivity contribution in [3.05, 3.63) is 108 Å². The molecule has 0 saturated carbocycles. The molecule has 38 heavy (non-hydrogen) atoms. The van der Waals surface area contributed by atoms with Gasteiger partial charge in [0.15, 0.2) is 6.29 Å². The van der Waals surface area contributed by atoms with Crippen LogP contribution in [0.25, 0.3) is 0 Å². The predicted molar refractivity (Wildman–Crippen MR) is 143 cm³/mol. The highest BCUT2D eigenvalue weighted by Gasteiger charge is 2.49. The standard InChI is InChI=1S/C31H37NO6/c1-31(21-32-31)22-37-30-27(33)29(36-19-25-15-9-4-10-16-25)28(35-18-24-13-7-3-8-14-24)26(38-30)20-34-17-23-11-5-2-6-12-23/h2-16,26-30,32-33H,17-22H2,1H3/t26-,27-,28-,29-,30-,31-/m1/s1. The summed E-state index contributed by atoms with van der Waals surface area (Å²) in [6, 6.07) is 29.9. The van der Waals surface area contributed by atoms with Crippen molar-refractivity contribution in [1.82, 2.24) is 5.32 Å². The van der Waals surface area contributed by atoms with Crippen molar-refractivity contribution < 1.29 is 28.8 Å². The molecule has 0 aromatic heterocycles. The first-order valence-corrected chi connectivity index (χ1v) is 13.2. The van der Waals surface area contributed by atoms with Gasteiger partial charge in [-0.3, -0.25) is 0 Å². The zero-order valence-electron chi connectivity index (χ0n) is 21.8. The van der Waals surface area contributed by atoms with Gasteiger partial charge in [-0.05, 0) is 23.6 Å². The van der Waals surface area contributed by atoms with E-state index in [2.05, 4.69) is 12.2 Å². The quantitative estimate of drug-likeness (QED) is 0.332. The smallest absolute Gasteiger partial charge is 0.186 e. The Balaban J connectivity index is 1.33. The van der Waals surface area contributed by atoms with Crippen LogP contribution in [0, 0.1) is 0 Å². The maximum Gasteiger partial charge on any atom is 0.186 e. The van der Waals surface area contributed by atoms with Crippen LogP contribution in [0.3, 0.4) is 0 Å². The summed E-state index contributed by atoms with van der Waals surface area (Å²) in [6.45, 7) is 4.77. The van der Waals surface area contributed by atoms with Crippen LogP contribution in [0.1, 0.15) is 23.6 Å². The Morgan fingerprint density at radius 2 is 1.26 bits per heavy atom. The number of rotatable bonds is 13. The SMILES string of the molecule is C[C@]1(CO[C@@H]2O[C@H](COCc3ccccc3)[C@@H](OCc3ccccc3)[C@H](OCc3ccccc3)[C@H]2O)CN1. The average molecular weight is 520 g/mol. The van der Waals surface area contributed by atoms with Crippen molar-refractivity contribution in [1.29, 1.82) is 0 Å². The summed E-state index contributed by atoms with van der Waals surface area (Å²) in [5, 5.41) is 14.7. The Morgan fingerprint density at radius 1 is 0.763 bits per heavy atom. The molecule has 2 aliphatic rings. The fourth-order valence-electron chi connectivity index (χ4n) is 4.48. The molecule has 5 rings (SSSR count). The zero-order chi connectivity index (χ0) is 26.2. The maximum atomic E-state index is 11.4. The molecular formula is C31H37NO6. The van der Waals surface area contributed by atoms with Crippen molar-refractivity contribution in [2.24, 2.45) is 0 Å². The third-order valence-electron chi connectivity index (χ3n) is 6.93. The molecule has 3 aromatic carbocycles. The van der Waals surface area contributed by atoms with E-state index in [0.29, 0.717) is 26.4 Å². The lowest BCUT2D eigenvalue weighted by Crippen LogP contribution is -2.61. The van der Waals surface area contributed by atoms with Crippen LogP contribution in [-0.2, 0) is 43.5 Å². The van der Waals surface area contributed by atoms with Gasteiger partial charge in [0.25, 0.3) is 0 Å². The summed E-state index contributed by atoms with van der Waals surface area (Å²) in [6.07, 6.45) is -3.65. The van der Waals surface area contributed by atoms with Crippen LogP contribution >= 0.6 is 0 Å². The second kappa shape index (κ2) is 13.0. The predicted octanol–water partition coefficient (Wildman–Crippen LogP) is 3.84. The van der Waals surface area contributed by atoms with E-state index in [9.17, 15) is 5.11 Å². The molecule has 0 aliphatic carbocycles. The normalized spacial score (nSPS) is 28.7. The molecule has 202 valence electrons. The lowest BCUT2D eigenvalue weighted by atomic mass is 9.98. The first-order chi connectivity index (χ1) is 18.6. The minimum atomic E-state index is -1.03. The molecule has 2 heterocycles. The summed E-state index contributed by atoms with van der Waals surface area (Å²) in [4.78, 5) is 0. The van der Waals surface area contributed by atoms with Crippen LogP contribution in [0.2, 0.25) is 0 Å². The van der Waals surface area contributed by atoms with Gasteiger partial charge in [0.2, 0.25) is 0 Å². The van der Waals surface area contributed by atoms with E-state index in [1.807, 2.05) is 91.0 Å². The van der Waals surface area contributed by atoms with E-state index in [-0.39, 0.29) is 12.1 Å². The van der Waals surface area contributed by atoms with E-state index in [1.165, 1.54) is 0 Å². The molecule has 0 unspecified atom stereocenters. The van der Waals surface area contributed by atoms with Crippen LogP contribution < -0.4 is 5.32 Å². The van der Waals surface area contributed by atoms with Gasteiger partial charge in [0.05, 0.1) is 38.6 Å². The third kappa shape index (κ3) is 7.48. The number of hydrogen-bond acceptors (Lipinski definition) is 7. The minimum absolute atomic E-state index is 0.0938. The van der Waals surface area contributed by atoms with Gasteiger partial charge in [-0.15, -0.1) is 0 Å². The molecule has 0 amide bonds. The zero-order valence-corrected chi connectivity index (χ0v) is 21.8. The highest BCUT2D eigenvalue weighted by molar-refractivity contribution is 5.15. The van der Waals surface area contributed by atoms with E-state index in [4.69, 9.17) is 23.7 Å². The van der Waals surface area contributed by atoms with Crippen molar-refractivity contribution in [2.45, 2.75) is 63.0 Å². The summed E-state index contributed by atoms with van der Waals surface area (Å²) in [7, 11) is 0. The highest BCUT2D eigenvalue weighted by atomic mass is 16.7. The van der Waals surface area contributed by atoms with Crippen molar-refractivity contribution in [3.63, 3.8) is 0 Å². The largest absolute Gasteiger partial charge is 0.385 e. The Kier molecular flexibility index (Phi) is 9.19. The summed E-state index contributed by atoms with van der Waals surface area (Å²) in [5.74, 6) is 0. The third-order valence-corrected chi connectivity index (χ3v) is 6.93. The van der Waals surface area contributed by atoms with Gasteiger partial charge in [-0.1, -0.05) is 91.0 Å². The summed E-state index contributed by atoms with van der Waals surface area (Å²) >= 11 is 0. The first kappa shape index (κ1) is 27.0. The number of benzene rings is 3. The van der Waals surface area contributed by atoms with Crippen molar-refractivity contribution in [3.8, 4) is 0 Å². The molecule has 0 spiro atoms. The van der Waals surface area contributed by atoms with Crippen LogP contribution in [0.5, 0.6) is 0 Å². The Bertz CT molecular complexity index is 1100. The molecule has 7 nitrogen and oxygen atoms in total. The second-order valence-electron chi connectivity index (χ2n) is 10.3. The number of nitrogens with one attached hydrogen (secondary N) is 1. The molecule has 0 bridgehead atoms. The number of aliphatic hydroxyl groups excluding tert-OH is 1. The molecule has 2 aliphatic heterocycles. The van der Waals surface area contributed by atoms with Crippen LogP contribution in [0.4, 0.5) is 0 Å². The molecule has 6 atom stereocenters. The van der Waals surface area contributed by atoms with Crippen molar-refractivity contribution >= 4 is 0 Å². The maximum absolute atomic E-state index is 11.4. The molecule has 2 saturated heterocycles. The van der Waals surface area contributed by atoms with Crippen molar-refractivity contribution in [2.75, 3.05) is 19.8 Å². The van der Waals surface area contributed by atoms with Gasteiger partial charge in [0, 0.05) is 6.54 Å². The van der Waals surface area contributed by atoms with E-state index in [1.54, 1.807) is 0 Å². The highest BCUT2D eigenvalue weighted by Crippen LogP contribution is 2.30. The Labute approximate surface area is 224 Å². The van der Waals surface area contributed by atoms with Gasteiger partial charge in [-0.2, -0.15) is 0 Å². The number of ether oxygens (including phenoxy) is 5. The van der Waals surface area contributed by atoms with Crippen LogP contribution in [-0.4, -0.2) is 61.1 Å². The molecule has 3 aromatic rings. The lowest BCUT2D eigenvalue weighted by Gasteiger charge is -2.44. The van der Waals surface area contributed by atoms with E-state index >= 15 is 0 Å². The average Bonchev–Trinajstić information content (AvgIpc) is 3.70. The Hall–Kier alpha value is -2.62. The molecule has 0 radical (unpaired) electrons. The minimum Gasteiger partial charge on any atom is -0.385 e.